The Morgan fingerprint density at radius 3 is 2.67 bits per heavy atom. The van der Waals surface area contributed by atoms with Crippen LogP contribution in [-0.2, 0) is 0 Å². The van der Waals surface area contributed by atoms with Crippen molar-refractivity contribution in [3.05, 3.63) is 47.6 Å². The SMILES string of the molecule is COc1ccc2c(c1)/C(=C/C=C/CC(C)C)[C@H](CC(C)C)N1CCCC[C@@H]21. The van der Waals surface area contributed by atoms with E-state index in [1.807, 2.05) is 0 Å². The van der Waals surface area contributed by atoms with E-state index in [-0.39, 0.29) is 0 Å². The average molecular weight is 368 g/mol. The summed E-state index contributed by atoms with van der Waals surface area (Å²) in [7, 11) is 1.77. The third-order valence-electron chi connectivity index (χ3n) is 5.95. The number of nitrogens with zero attached hydrogens (tertiary/aromatic N) is 1. The molecule has 2 nitrogen and oxygen atoms in total. The zero-order valence-electron chi connectivity index (χ0n) is 17.9. The molecule has 1 saturated heterocycles. The highest BCUT2D eigenvalue weighted by molar-refractivity contribution is 5.76. The molecular weight excluding hydrogens is 330 g/mol. The Balaban J connectivity index is 2.06. The summed E-state index contributed by atoms with van der Waals surface area (Å²) in [5.41, 5.74) is 4.40. The van der Waals surface area contributed by atoms with Gasteiger partial charge in [0.25, 0.3) is 0 Å². The molecule has 1 aromatic carbocycles. The molecule has 0 amide bonds. The van der Waals surface area contributed by atoms with Crippen LogP contribution in [0.2, 0.25) is 0 Å². The van der Waals surface area contributed by atoms with Gasteiger partial charge in [-0.3, -0.25) is 4.90 Å². The predicted molar refractivity (Wildman–Crippen MR) is 116 cm³/mol. The fourth-order valence-corrected chi connectivity index (χ4v) is 4.65. The van der Waals surface area contributed by atoms with Crippen LogP contribution >= 0.6 is 0 Å². The van der Waals surface area contributed by atoms with Crippen LogP contribution in [0.5, 0.6) is 5.75 Å². The number of piperidine rings is 1. The van der Waals surface area contributed by atoms with Gasteiger partial charge < -0.3 is 4.74 Å². The molecule has 3 rings (SSSR count). The van der Waals surface area contributed by atoms with Gasteiger partial charge in [0.1, 0.15) is 5.75 Å². The van der Waals surface area contributed by atoms with Gasteiger partial charge in [-0.1, -0.05) is 58.4 Å². The quantitative estimate of drug-likeness (QED) is 0.559. The number of benzene rings is 1. The van der Waals surface area contributed by atoms with Crippen molar-refractivity contribution in [1.82, 2.24) is 4.90 Å². The standard InChI is InChI=1S/C25H37NO/c1-18(2)10-6-7-11-21-23-17-20(27-5)13-14-22(23)24-12-8-9-15-26(24)25(21)16-19(3)4/h6-7,11,13-14,17-19,24-25H,8-10,12,15-16H2,1-5H3/b7-6+,21-11-/t24-,25-/m0/s1. The summed E-state index contributed by atoms with van der Waals surface area (Å²) in [6.07, 6.45) is 13.3. The van der Waals surface area contributed by atoms with E-state index in [0.29, 0.717) is 23.9 Å². The van der Waals surface area contributed by atoms with Crippen LogP contribution in [0.3, 0.4) is 0 Å². The molecule has 0 aromatic heterocycles. The molecule has 2 atom stereocenters. The van der Waals surface area contributed by atoms with Crippen LogP contribution in [0.15, 0.2) is 36.4 Å². The molecule has 0 N–H and O–H groups in total. The molecule has 0 radical (unpaired) electrons. The van der Waals surface area contributed by atoms with Gasteiger partial charge in [-0.15, -0.1) is 0 Å². The van der Waals surface area contributed by atoms with Gasteiger partial charge in [0.15, 0.2) is 0 Å². The number of hydrogen-bond donors (Lipinski definition) is 0. The summed E-state index contributed by atoms with van der Waals surface area (Å²) in [5, 5.41) is 0. The van der Waals surface area contributed by atoms with Crippen molar-refractivity contribution in [2.75, 3.05) is 13.7 Å². The second-order valence-electron chi connectivity index (χ2n) is 9.03. The second-order valence-corrected chi connectivity index (χ2v) is 9.03. The Bertz CT molecular complexity index is 686. The molecule has 2 heterocycles. The molecule has 0 unspecified atom stereocenters. The van der Waals surface area contributed by atoms with Gasteiger partial charge >= 0.3 is 0 Å². The summed E-state index contributed by atoms with van der Waals surface area (Å²) in [6, 6.07) is 7.81. The molecule has 2 aliphatic rings. The lowest BCUT2D eigenvalue weighted by Crippen LogP contribution is -2.46. The molecule has 0 spiro atoms. The van der Waals surface area contributed by atoms with E-state index in [4.69, 9.17) is 4.74 Å². The van der Waals surface area contributed by atoms with Crippen LogP contribution in [0, 0.1) is 11.8 Å². The topological polar surface area (TPSA) is 12.5 Å². The van der Waals surface area contributed by atoms with Gasteiger partial charge in [-0.25, -0.2) is 0 Å². The van der Waals surface area contributed by atoms with Gasteiger partial charge in [0, 0.05) is 12.1 Å². The molecule has 1 fully saturated rings. The fourth-order valence-electron chi connectivity index (χ4n) is 4.65. The Morgan fingerprint density at radius 1 is 1.15 bits per heavy atom. The van der Waals surface area contributed by atoms with Crippen LogP contribution in [0.25, 0.3) is 5.57 Å². The van der Waals surface area contributed by atoms with Gasteiger partial charge in [0.2, 0.25) is 0 Å². The molecule has 27 heavy (non-hydrogen) atoms. The smallest absolute Gasteiger partial charge is 0.119 e. The minimum atomic E-state index is 0.513. The Kier molecular flexibility index (Phi) is 6.81. The van der Waals surface area contributed by atoms with Gasteiger partial charge in [0.05, 0.1) is 7.11 Å². The number of hydrogen-bond acceptors (Lipinski definition) is 2. The predicted octanol–water partition coefficient (Wildman–Crippen LogP) is 6.64. The van der Waals surface area contributed by atoms with Crippen molar-refractivity contribution >= 4 is 5.57 Å². The van der Waals surface area contributed by atoms with E-state index in [9.17, 15) is 0 Å². The van der Waals surface area contributed by atoms with E-state index in [2.05, 4.69) is 69.0 Å². The largest absolute Gasteiger partial charge is 0.497 e. The first-order chi connectivity index (χ1) is 13.0. The highest BCUT2D eigenvalue weighted by atomic mass is 16.5. The van der Waals surface area contributed by atoms with Crippen LogP contribution in [0.1, 0.15) is 77.0 Å². The lowest BCUT2D eigenvalue weighted by atomic mass is 9.78. The van der Waals surface area contributed by atoms with Crippen molar-refractivity contribution < 1.29 is 4.74 Å². The summed E-state index contributed by atoms with van der Waals surface area (Å²) >= 11 is 0. The summed E-state index contributed by atoms with van der Waals surface area (Å²) in [5.74, 6) is 2.36. The number of allylic oxidation sites excluding steroid dienone is 3. The molecule has 0 saturated carbocycles. The molecule has 1 aromatic rings. The fraction of sp³-hybridized carbons (Fsp3) is 0.600. The minimum absolute atomic E-state index is 0.513. The number of rotatable bonds is 6. The Morgan fingerprint density at radius 2 is 1.96 bits per heavy atom. The highest BCUT2D eigenvalue weighted by Crippen LogP contribution is 2.46. The maximum absolute atomic E-state index is 5.58. The van der Waals surface area contributed by atoms with Crippen molar-refractivity contribution in [1.29, 1.82) is 0 Å². The van der Waals surface area contributed by atoms with Gasteiger partial charge in [-0.05, 0) is 72.9 Å². The average Bonchev–Trinajstić information content (AvgIpc) is 2.65. The zero-order chi connectivity index (χ0) is 19.4. The number of ether oxygens (including phenoxy) is 1. The lowest BCUT2D eigenvalue weighted by Gasteiger charge is -2.48. The maximum atomic E-state index is 5.58. The summed E-state index contributed by atoms with van der Waals surface area (Å²) in [4.78, 5) is 2.79. The molecule has 2 aliphatic heterocycles. The van der Waals surface area contributed by atoms with Crippen molar-refractivity contribution in [3.8, 4) is 5.75 Å². The number of methoxy groups -OCH3 is 1. The molecule has 2 heteroatoms. The van der Waals surface area contributed by atoms with Crippen molar-refractivity contribution in [2.45, 2.75) is 71.9 Å². The van der Waals surface area contributed by atoms with E-state index in [1.165, 1.54) is 48.9 Å². The first-order valence-electron chi connectivity index (χ1n) is 10.8. The van der Waals surface area contributed by atoms with Crippen molar-refractivity contribution in [2.24, 2.45) is 11.8 Å². The van der Waals surface area contributed by atoms with Crippen molar-refractivity contribution in [3.63, 3.8) is 0 Å². The van der Waals surface area contributed by atoms with Crippen LogP contribution < -0.4 is 4.74 Å². The molecular formula is C25H37NO. The first-order valence-corrected chi connectivity index (χ1v) is 10.8. The highest BCUT2D eigenvalue weighted by Gasteiger charge is 2.38. The van der Waals surface area contributed by atoms with Gasteiger partial charge in [-0.2, -0.15) is 0 Å². The molecule has 0 aliphatic carbocycles. The second kappa shape index (κ2) is 9.10. The Labute approximate surface area is 166 Å². The third kappa shape index (κ3) is 4.66. The minimum Gasteiger partial charge on any atom is -0.497 e. The summed E-state index contributed by atoms with van der Waals surface area (Å²) < 4.78 is 5.58. The third-order valence-corrected chi connectivity index (χ3v) is 5.95. The van der Waals surface area contributed by atoms with E-state index in [1.54, 1.807) is 7.11 Å². The lowest BCUT2D eigenvalue weighted by molar-refractivity contribution is 0.103. The Hall–Kier alpha value is -1.54. The van der Waals surface area contributed by atoms with E-state index < -0.39 is 0 Å². The first kappa shape index (κ1) is 20.2. The molecule has 0 bridgehead atoms. The molecule has 148 valence electrons. The monoisotopic (exact) mass is 367 g/mol. The zero-order valence-corrected chi connectivity index (χ0v) is 17.9. The summed E-state index contributed by atoms with van der Waals surface area (Å²) in [6.45, 7) is 10.5. The van der Waals surface area contributed by atoms with Crippen LogP contribution in [-0.4, -0.2) is 24.6 Å². The van der Waals surface area contributed by atoms with Crippen LogP contribution in [0.4, 0.5) is 0 Å². The maximum Gasteiger partial charge on any atom is 0.119 e. The van der Waals surface area contributed by atoms with E-state index in [0.717, 1.165) is 12.2 Å². The number of fused-ring (bicyclic) bond motifs is 3. The normalized spacial score (nSPS) is 24.6. The van der Waals surface area contributed by atoms with E-state index >= 15 is 0 Å².